The maximum atomic E-state index is 2.82. The van der Waals surface area contributed by atoms with Gasteiger partial charge in [0.2, 0.25) is 0 Å². The molecular formula is C15H29N. The van der Waals surface area contributed by atoms with Crippen molar-refractivity contribution in [2.75, 3.05) is 13.1 Å². The summed E-state index contributed by atoms with van der Waals surface area (Å²) in [5, 5.41) is 0. The summed E-state index contributed by atoms with van der Waals surface area (Å²) in [6, 6.07) is 0.918. The van der Waals surface area contributed by atoms with Crippen LogP contribution in [0.1, 0.15) is 65.2 Å². The van der Waals surface area contributed by atoms with Crippen molar-refractivity contribution < 1.29 is 0 Å². The van der Waals surface area contributed by atoms with Crippen LogP contribution in [0.2, 0.25) is 0 Å². The van der Waals surface area contributed by atoms with Crippen molar-refractivity contribution in [3.63, 3.8) is 0 Å². The minimum atomic E-state index is 0.872. The fourth-order valence-electron chi connectivity index (χ4n) is 3.65. The van der Waals surface area contributed by atoms with Crippen molar-refractivity contribution >= 4 is 0 Å². The van der Waals surface area contributed by atoms with Gasteiger partial charge in [-0.05, 0) is 50.5 Å². The van der Waals surface area contributed by atoms with Gasteiger partial charge in [0.05, 0.1) is 0 Å². The Morgan fingerprint density at radius 3 is 2.44 bits per heavy atom. The molecule has 1 unspecified atom stereocenters. The molecule has 16 heavy (non-hydrogen) atoms. The summed E-state index contributed by atoms with van der Waals surface area (Å²) in [5.41, 5.74) is 0. The third-order valence-corrected chi connectivity index (χ3v) is 4.46. The van der Waals surface area contributed by atoms with Crippen LogP contribution in [0.5, 0.6) is 0 Å². The maximum absolute atomic E-state index is 2.82. The number of hydrogen-bond acceptors (Lipinski definition) is 1. The lowest BCUT2D eigenvalue weighted by Crippen LogP contribution is -2.35. The van der Waals surface area contributed by atoms with Gasteiger partial charge in [-0.3, -0.25) is 0 Å². The second-order valence-electron chi connectivity index (χ2n) is 6.42. The van der Waals surface area contributed by atoms with E-state index in [1.54, 1.807) is 0 Å². The van der Waals surface area contributed by atoms with E-state index in [-0.39, 0.29) is 0 Å². The fourth-order valence-corrected chi connectivity index (χ4v) is 3.65. The van der Waals surface area contributed by atoms with E-state index in [1.807, 2.05) is 0 Å². The highest BCUT2D eigenvalue weighted by molar-refractivity contribution is 4.82. The Kier molecular flexibility index (Phi) is 4.69. The summed E-state index contributed by atoms with van der Waals surface area (Å²) in [5.74, 6) is 1.90. The van der Waals surface area contributed by atoms with E-state index in [4.69, 9.17) is 0 Å². The first kappa shape index (κ1) is 12.4. The highest BCUT2D eigenvalue weighted by Crippen LogP contribution is 2.29. The van der Waals surface area contributed by atoms with Gasteiger partial charge in [-0.25, -0.2) is 0 Å². The first-order valence-corrected chi connectivity index (χ1v) is 7.49. The van der Waals surface area contributed by atoms with Crippen molar-refractivity contribution in [1.29, 1.82) is 0 Å². The lowest BCUT2D eigenvalue weighted by molar-refractivity contribution is 0.172. The highest BCUT2D eigenvalue weighted by Gasteiger charge is 2.27. The average Bonchev–Trinajstić information content (AvgIpc) is 2.66. The highest BCUT2D eigenvalue weighted by atomic mass is 15.2. The zero-order valence-electron chi connectivity index (χ0n) is 11.3. The molecule has 1 heteroatoms. The molecule has 1 aliphatic heterocycles. The second-order valence-corrected chi connectivity index (χ2v) is 6.42. The van der Waals surface area contributed by atoms with Gasteiger partial charge in [0, 0.05) is 12.6 Å². The van der Waals surface area contributed by atoms with Crippen LogP contribution in [0.3, 0.4) is 0 Å². The van der Waals surface area contributed by atoms with Crippen LogP contribution in [-0.4, -0.2) is 24.0 Å². The second kappa shape index (κ2) is 6.05. The van der Waals surface area contributed by atoms with Gasteiger partial charge >= 0.3 is 0 Å². The van der Waals surface area contributed by atoms with Crippen molar-refractivity contribution in [2.24, 2.45) is 11.8 Å². The standard InChI is InChI=1S/C15H29N/c1-13(2)11-15-9-6-10-16(15)12-14-7-4-3-5-8-14/h13-15H,3-12H2,1-2H3. The van der Waals surface area contributed by atoms with E-state index in [0.717, 1.165) is 17.9 Å². The summed E-state index contributed by atoms with van der Waals surface area (Å²) in [7, 11) is 0. The number of nitrogens with zero attached hydrogens (tertiary/aromatic N) is 1. The predicted octanol–water partition coefficient (Wildman–Crippen LogP) is 4.08. The predicted molar refractivity (Wildman–Crippen MR) is 70.6 cm³/mol. The molecule has 0 bridgehead atoms. The fraction of sp³-hybridized carbons (Fsp3) is 1.00. The Bertz CT molecular complexity index is 194. The van der Waals surface area contributed by atoms with Crippen molar-refractivity contribution in [3.05, 3.63) is 0 Å². The molecule has 1 nitrogen and oxygen atoms in total. The van der Waals surface area contributed by atoms with Gasteiger partial charge in [-0.2, -0.15) is 0 Å². The average molecular weight is 223 g/mol. The molecule has 2 aliphatic rings. The van der Waals surface area contributed by atoms with Crippen LogP contribution >= 0.6 is 0 Å². The van der Waals surface area contributed by atoms with Gasteiger partial charge in [0.25, 0.3) is 0 Å². The molecule has 0 amide bonds. The number of likely N-dealkylation sites (tertiary alicyclic amines) is 1. The summed E-state index contributed by atoms with van der Waals surface area (Å²) < 4.78 is 0. The quantitative estimate of drug-likeness (QED) is 0.694. The first-order valence-electron chi connectivity index (χ1n) is 7.49. The Morgan fingerprint density at radius 2 is 1.75 bits per heavy atom. The molecule has 0 aromatic carbocycles. The zero-order chi connectivity index (χ0) is 11.4. The largest absolute Gasteiger partial charge is 0.300 e. The Balaban J connectivity index is 1.78. The molecular weight excluding hydrogens is 194 g/mol. The maximum Gasteiger partial charge on any atom is 0.00982 e. The van der Waals surface area contributed by atoms with E-state index in [1.165, 1.54) is 64.5 Å². The van der Waals surface area contributed by atoms with Crippen LogP contribution in [0.4, 0.5) is 0 Å². The van der Waals surface area contributed by atoms with Crippen LogP contribution in [0.15, 0.2) is 0 Å². The van der Waals surface area contributed by atoms with Gasteiger partial charge in [-0.1, -0.05) is 33.1 Å². The summed E-state index contributed by atoms with van der Waals surface area (Å²) in [6.07, 6.45) is 11.8. The molecule has 0 radical (unpaired) electrons. The monoisotopic (exact) mass is 223 g/mol. The summed E-state index contributed by atoms with van der Waals surface area (Å²) in [6.45, 7) is 7.54. The minimum Gasteiger partial charge on any atom is -0.300 e. The van der Waals surface area contributed by atoms with Crippen molar-refractivity contribution in [3.8, 4) is 0 Å². The third kappa shape index (κ3) is 3.48. The van der Waals surface area contributed by atoms with Gasteiger partial charge < -0.3 is 4.90 Å². The third-order valence-electron chi connectivity index (χ3n) is 4.46. The molecule has 1 aliphatic carbocycles. The molecule has 1 heterocycles. The van der Waals surface area contributed by atoms with Crippen LogP contribution in [0.25, 0.3) is 0 Å². The summed E-state index contributed by atoms with van der Waals surface area (Å²) >= 11 is 0. The SMILES string of the molecule is CC(C)CC1CCCN1CC1CCCCC1. The molecule has 0 aromatic heterocycles. The van der Waals surface area contributed by atoms with Gasteiger partial charge in [0.1, 0.15) is 0 Å². The Morgan fingerprint density at radius 1 is 1.00 bits per heavy atom. The van der Waals surface area contributed by atoms with E-state index in [2.05, 4.69) is 18.7 Å². The van der Waals surface area contributed by atoms with Crippen molar-refractivity contribution in [2.45, 2.75) is 71.3 Å². The molecule has 2 fully saturated rings. The summed E-state index contributed by atoms with van der Waals surface area (Å²) in [4.78, 5) is 2.82. The van der Waals surface area contributed by atoms with E-state index in [0.29, 0.717) is 0 Å². The van der Waals surface area contributed by atoms with Gasteiger partial charge in [-0.15, -0.1) is 0 Å². The smallest absolute Gasteiger partial charge is 0.00982 e. The van der Waals surface area contributed by atoms with Gasteiger partial charge in [0.15, 0.2) is 0 Å². The van der Waals surface area contributed by atoms with E-state index in [9.17, 15) is 0 Å². The Labute approximate surface area is 102 Å². The van der Waals surface area contributed by atoms with Crippen molar-refractivity contribution in [1.82, 2.24) is 4.90 Å². The zero-order valence-corrected chi connectivity index (χ0v) is 11.3. The molecule has 0 aromatic rings. The molecule has 1 saturated carbocycles. The normalized spacial score (nSPS) is 29.1. The van der Waals surface area contributed by atoms with E-state index < -0.39 is 0 Å². The van der Waals surface area contributed by atoms with Crippen LogP contribution < -0.4 is 0 Å². The topological polar surface area (TPSA) is 3.24 Å². The molecule has 1 saturated heterocycles. The molecule has 94 valence electrons. The molecule has 0 N–H and O–H groups in total. The minimum absolute atomic E-state index is 0.872. The number of hydrogen-bond donors (Lipinski definition) is 0. The molecule has 1 atom stereocenters. The molecule has 0 spiro atoms. The first-order chi connectivity index (χ1) is 7.75. The van der Waals surface area contributed by atoms with Crippen LogP contribution in [0, 0.1) is 11.8 Å². The lowest BCUT2D eigenvalue weighted by atomic mass is 9.88. The lowest BCUT2D eigenvalue weighted by Gasteiger charge is -2.31. The Hall–Kier alpha value is -0.0400. The van der Waals surface area contributed by atoms with Crippen LogP contribution in [-0.2, 0) is 0 Å². The number of rotatable bonds is 4. The van der Waals surface area contributed by atoms with E-state index >= 15 is 0 Å². The molecule has 2 rings (SSSR count).